The summed E-state index contributed by atoms with van der Waals surface area (Å²) in [6.45, 7) is 3.67. The summed E-state index contributed by atoms with van der Waals surface area (Å²) in [7, 11) is 0. The van der Waals surface area contributed by atoms with Gasteiger partial charge in [-0.05, 0) is 36.0 Å². The van der Waals surface area contributed by atoms with Crippen molar-refractivity contribution in [2.45, 2.75) is 13.1 Å². The molecule has 1 aliphatic heterocycles. The highest BCUT2D eigenvalue weighted by Crippen LogP contribution is 2.25. The van der Waals surface area contributed by atoms with Crippen LogP contribution in [0, 0.1) is 11.6 Å². The Morgan fingerprint density at radius 2 is 1.71 bits per heavy atom. The summed E-state index contributed by atoms with van der Waals surface area (Å²) in [5, 5.41) is 0.750. The number of rotatable bonds is 6. The van der Waals surface area contributed by atoms with Crippen molar-refractivity contribution < 1.29 is 8.78 Å². The van der Waals surface area contributed by atoms with Crippen LogP contribution in [0.2, 0.25) is 5.02 Å². The van der Waals surface area contributed by atoms with E-state index in [-0.39, 0.29) is 22.9 Å². The van der Waals surface area contributed by atoms with E-state index < -0.39 is 11.6 Å². The Bertz CT molecular complexity index is 826. The zero-order valence-corrected chi connectivity index (χ0v) is 16.8. The molecule has 1 fully saturated rings. The molecule has 0 radical (unpaired) electrons. The molecule has 2 aromatic carbocycles. The van der Waals surface area contributed by atoms with Gasteiger partial charge in [-0.15, -0.1) is 0 Å². The van der Waals surface area contributed by atoms with Crippen molar-refractivity contribution in [1.29, 1.82) is 0 Å². The molecule has 0 atom stereocenters. The van der Waals surface area contributed by atoms with E-state index in [4.69, 9.17) is 17.3 Å². The van der Waals surface area contributed by atoms with Crippen LogP contribution < -0.4 is 21.5 Å². The van der Waals surface area contributed by atoms with Crippen LogP contribution in [0.4, 0.5) is 14.5 Å². The summed E-state index contributed by atoms with van der Waals surface area (Å²) >= 11 is 10.6. The average molecular weight is 426 g/mol. The second-order valence-electron chi connectivity index (χ2n) is 6.60. The van der Waals surface area contributed by atoms with Gasteiger partial charge < -0.3 is 10.6 Å². The van der Waals surface area contributed by atoms with Crippen molar-refractivity contribution in [3.8, 4) is 0 Å². The van der Waals surface area contributed by atoms with Gasteiger partial charge in [-0.25, -0.2) is 14.2 Å². The number of nitrogens with one attached hydrogen (secondary N) is 2. The molecule has 0 amide bonds. The third kappa shape index (κ3) is 5.29. The topological polar surface area (TPSA) is 56.6 Å². The highest BCUT2D eigenvalue weighted by atomic mass is 35.5. The quantitative estimate of drug-likeness (QED) is 0.489. The normalized spacial score (nSPS) is 14.9. The monoisotopic (exact) mass is 425 g/mol. The first-order chi connectivity index (χ1) is 13.4. The Morgan fingerprint density at radius 1 is 1.04 bits per heavy atom. The van der Waals surface area contributed by atoms with Gasteiger partial charge in [-0.1, -0.05) is 29.8 Å². The van der Waals surface area contributed by atoms with E-state index in [9.17, 15) is 8.78 Å². The van der Waals surface area contributed by atoms with E-state index in [1.54, 1.807) is 12.1 Å². The molecule has 1 heterocycles. The van der Waals surface area contributed by atoms with E-state index in [0.717, 1.165) is 19.6 Å². The van der Waals surface area contributed by atoms with Gasteiger partial charge in [0.15, 0.2) is 16.7 Å². The van der Waals surface area contributed by atoms with Crippen LogP contribution in [0.5, 0.6) is 0 Å². The molecule has 4 N–H and O–H groups in total. The molecular formula is C19H22ClF2N5S. The Labute approximate surface area is 173 Å². The predicted octanol–water partition coefficient (Wildman–Crippen LogP) is 2.78. The first-order valence-corrected chi connectivity index (χ1v) is 9.69. The Balaban J connectivity index is 1.58. The Hall–Kier alpha value is -2.00. The number of hydrogen-bond acceptors (Lipinski definition) is 4. The van der Waals surface area contributed by atoms with Gasteiger partial charge in [0, 0.05) is 49.9 Å². The number of nitrogens with two attached hydrogens (primary N) is 1. The number of halogens is 3. The van der Waals surface area contributed by atoms with E-state index in [0.29, 0.717) is 18.1 Å². The summed E-state index contributed by atoms with van der Waals surface area (Å²) < 4.78 is 29.0. The number of thiocarbonyl (C=S) groups is 1. The van der Waals surface area contributed by atoms with Gasteiger partial charge in [-0.2, -0.15) is 0 Å². The zero-order valence-electron chi connectivity index (χ0n) is 15.2. The highest BCUT2D eigenvalue weighted by molar-refractivity contribution is 7.80. The molecule has 9 heteroatoms. The third-order valence-electron chi connectivity index (χ3n) is 4.66. The van der Waals surface area contributed by atoms with Crippen LogP contribution >= 0.6 is 23.8 Å². The average Bonchev–Trinajstić information content (AvgIpc) is 2.68. The lowest BCUT2D eigenvalue weighted by Crippen LogP contribution is -2.46. The van der Waals surface area contributed by atoms with Gasteiger partial charge in [0.1, 0.15) is 0 Å². The molecular weight excluding hydrogens is 404 g/mol. The molecule has 1 saturated heterocycles. The van der Waals surface area contributed by atoms with Crippen LogP contribution in [0.15, 0.2) is 36.4 Å². The van der Waals surface area contributed by atoms with Crippen LogP contribution in [0.25, 0.3) is 0 Å². The lowest BCUT2D eigenvalue weighted by molar-refractivity contribution is 0.249. The highest BCUT2D eigenvalue weighted by Gasteiger charge is 2.22. The molecule has 3 rings (SSSR count). The third-order valence-corrected chi connectivity index (χ3v) is 5.02. The molecule has 0 aliphatic carbocycles. The number of nitrogens with zero attached hydrogens (tertiary/aromatic N) is 2. The van der Waals surface area contributed by atoms with Crippen molar-refractivity contribution >= 4 is 34.6 Å². The fourth-order valence-electron chi connectivity index (χ4n) is 3.18. The Kier molecular flexibility index (Phi) is 7.01. The molecule has 5 nitrogen and oxygen atoms in total. The van der Waals surface area contributed by atoms with Gasteiger partial charge in [-0.3, -0.25) is 10.3 Å². The summed E-state index contributed by atoms with van der Waals surface area (Å²) in [5.41, 5.74) is 12.1. The number of hydrazine groups is 1. The van der Waals surface area contributed by atoms with E-state index >= 15 is 0 Å². The minimum absolute atomic E-state index is 0.0361. The standard InChI is InChI=1S/C19H22ClF2N5S/c20-15-4-1-13(2-5-15)12-26-7-9-27(10-8-26)16-6-3-14(17(21)18(16)22)11-24-25-19(23)28/h1-6,24H,7-12H2,(H3,23,25,28). The molecule has 1 aliphatic rings. The van der Waals surface area contributed by atoms with Gasteiger partial charge in [0.25, 0.3) is 0 Å². The maximum atomic E-state index is 14.6. The minimum atomic E-state index is -0.863. The second-order valence-corrected chi connectivity index (χ2v) is 7.48. The van der Waals surface area contributed by atoms with Gasteiger partial charge in [0.2, 0.25) is 0 Å². The predicted molar refractivity (Wildman–Crippen MR) is 112 cm³/mol. The maximum Gasteiger partial charge on any atom is 0.182 e. The minimum Gasteiger partial charge on any atom is -0.375 e. The lowest BCUT2D eigenvalue weighted by atomic mass is 10.1. The largest absolute Gasteiger partial charge is 0.375 e. The van der Waals surface area contributed by atoms with Crippen molar-refractivity contribution in [2.75, 3.05) is 31.1 Å². The second kappa shape index (κ2) is 9.47. The van der Waals surface area contributed by atoms with Crippen molar-refractivity contribution in [1.82, 2.24) is 15.8 Å². The summed E-state index contributed by atoms with van der Waals surface area (Å²) in [4.78, 5) is 4.16. The van der Waals surface area contributed by atoms with Gasteiger partial charge >= 0.3 is 0 Å². The van der Waals surface area contributed by atoms with Crippen molar-refractivity contribution in [3.63, 3.8) is 0 Å². The van der Waals surface area contributed by atoms with Crippen LogP contribution in [0.3, 0.4) is 0 Å². The summed E-state index contributed by atoms with van der Waals surface area (Å²) in [6, 6.07) is 10.9. The van der Waals surface area contributed by atoms with Crippen LogP contribution in [-0.4, -0.2) is 36.2 Å². The van der Waals surface area contributed by atoms with Crippen LogP contribution in [0.1, 0.15) is 11.1 Å². The van der Waals surface area contributed by atoms with E-state index in [2.05, 4.69) is 28.0 Å². The molecule has 0 aromatic heterocycles. The Morgan fingerprint density at radius 3 is 2.36 bits per heavy atom. The van der Waals surface area contributed by atoms with Gasteiger partial charge in [0.05, 0.1) is 5.69 Å². The first-order valence-electron chi connectivity index (χ1n) is 8.91. The number of hydrogen-bond donors (Lipinski definition) is 3. The molecule has 150 valence electrons. The fraction of sp³-hybridized carbons (Fsp3) is 0.316. The first kappa shape index (κ1) is 20.7. The van der Waals surface area contributed by atoms with Crippen molar-refractivity contribution in [2.24, 2.45) is 5.73 Å². The van der Waals surface area contributed by atoms with E-state index in [1.165, 1.54) is 5.56 Å². The molecule has 0 bridgehead atoms. The molecule has 0 unspecified atom stereocenters. The molecule has 2 aromatic rings. The SMILES string of the molecule is NC(=S)NNCc1ccc(N2CCN(Cc3ccc(Cl)cc3)CC2)c(F)c1F. The molecule has 28 heavy (non-hydrogen) atoms. The summed E-state index contributed by atoms with van der Waals surface area (Å²) in [6.07, 6.45) is 0. The maximum absolute atomic E-state index is 14.6. The molecule has 0 saturated carbocycles. The van der Waals surface area contributed by atoms with E-state index in [1.807, 2.05) is 29.2 Å². The van der Waals surface area contributed by atoms with Crippen molar-refractivity contribution in [3.05, 3.63) is 64.2 Å². The van der Waals surface area contributed by atoms with Crippen LogP contribution in [-0.2, 0) is 13.1 Å². The molecule has 0 spiro atoms. The number of piperazine rings is 1. The number of anilines is 1. The smallest absolute Gasteiger partial charge is 0.182 e. The lowest BCUT2D eigenvalue weighted by Gasteiger charge is -2.36. The zero-order chi connectivity index (χ0) is 20.1. The summed E-state index contributed by atoms with van der Waals surface area (Å²) in [5.74, 6) is -1.70. The fourth-order valence-corrected chi connectivity index (χ4v) is 3.38. The number of benzene rings is 2.